The number of rotatable bonds is 6. The van der Waals surface area contributed by atoms with Crippen LogP contribution in [0.3, 0.4) is 0 Å². The van der Waals surface area contributed by atoms with Crippen molar-refractivity contribution in [3.8, 4) is 0 Å². The summed E-state index contributed by atoms with van der Waals surface area (Å²) in [5.41, 5.74) is 2.70. The third kappa shape index (κ3) is 11.5. The molecule has 1 aromatic heterocycles. The highest BCUT2D eigenvalue weighted by Gasteiger charge is 2.39. The predicted octanol–water partition coefficient (Wildman–Crippen LogP) is 3.42. The van der Waals surface area contributed by atoms with E-state index < -0.39 is 24.3 Å². The Morgan fingerprint density at radius 1 is 1.02 bits per heavy atom. The summed E-state index contributed by atoms with van der Waals surface area (Å²) in [6, 6.07) is 6.69. The molecule has 2 aromatic rings. The standard InChI is InChI=1S/C22H30FN5O.2C2HF3O2/c1-27(22(29)21-20-19(6-10-24-21)25-15-26-20)14-16-7-11-28(12-8-16)13-9-17-4-2-3-5-18(17)23;2*3-2(4,5)1(6)7/h2-5,15-16,21,24H,6-14H2,1H3,(H,25,26);2*(H,6,7). The molecule has 1 aromatic carbocycles. The van der Waals surface area contributed by atoms with Crippen LogP contribution in [0.2, 0.25) is 0 Å². The molecule has 1 unspecified atom stereocenters. The highest BCUT2D eigenvalue weighted by Crippen LogP contribution is 2.24. The van der Waals surface area contributed by atoms with Crippen molar-refractivity contribution in [2.75, 3.05) is 39.8 Å². The fraction of sp³-hybridized carbons (Fsp3) is 0.538. The zero-order valence-electron chi connectivity index (χ0n) is 23.0. The zero-order chi connectivity index (χ0) is 32.4. The van der Waals surface area contributed by atoms with Gasteiger partial charge in [0, 0.05) is 38.8 Å². The molecule has 43 heavy (non-hydrogen) atoms. The quantitative estimate of drug-likeness (QED) is 0.358. The molecule has 3 heterocycles. The average molecular weight is 628 g/mol. The first-order valence-corrected chi connectivity index (χ1v) is 13.1. The lowest BCUT2D eigenvalue weighted by molar-refractivity contribution is -0.193. The summed E-state index contributed by atoms with van der Waals surface area (Å²) >= 11 is 0. The van der Waals surface area contributed by atoms with Gasteiger partial charge in [0.2, 0.25) is 5.91 Å². The second kappa shape index (κ2) is 15.7. The molecule has 240 valence electrons. The van der Waals surface area contributed by atoms with Crippen LogP contribution >= 0.6 is 0 Å². The van der Waals surface area contributed by atoms with Gasteiger partial charge in [-0.15, -0.1) is 0 Å². The Morgan fingerprint density at radius 2 is 1.58 bits per heavy atom. The molecule has 1 amide bonds. The normalized spacial score (nSPS) is 17.4. The highest BCUT2D eigenvalue weighted by atomic mass is 19.4. The number of amides is 1. The molecular weight excluding hydrogens is 595 g/mol. The largest absolute Gasteiger partial charge is 0.490 e. The number of carbonyl (C=O) groups excluding carboxylic acids is 1. The molecular formula is C26H32F7N5O5. The number of carbonyl (C=O) groups is 3. The van der Waals surface area contributed by atoms with Crippen LogP contribution in [0.25, 0.3) is 0 Å². The number of nitrogens with one attached hydrogen (secondary N) is 2. The number of hydrogen-bond donors (Lipinski definition) is 4. The van der Waals surface area contributed by atoms with Gasteiger partial charge in [-0.05, 0) is 49.9 Å². The minimum absolute atomic E-state index is 0.0973. The number of carboxylic acid groups (broad SMARTS) is 2. The topological polar surface area (TPSA) is 139 Å². The maximum Gasteiger partial charge on any atom is 0.490 e. The number of piperidine rings is 1. The number of likely N-dealkylation sites (tertiary alicyclic amines) is 1. The van der Waals surface area contributed by atoms with E-state index in [1.807, 2.05) is 24.1 Å². The summed E-state index contributed by atoms with van der Waals surface area (Å²) in [5.74, 6) is -5.02. The number of fused-ring (bicyclic) bond motifs is 1. The van der Waals surface area contributed by atoms with Crippen molar-refractivity contribution in [3.05, 3.63) is 53.4 Å². The van der Waals surface area contributed by atoms with Crippen molar-refractivity contribution in [2.24, 2.45) is 5.92 Å². The van der Waals surface area contributed by atoms with Gasteiger partial charge in [-0.25, -0.2) is 19.0 Å². The minimum Gasteiger partial charge on any atom is -0.475 e. The summed E-state index contributed by atoms with van der Waals surface area (Å²) in [5, 5.41) is 17.6. The number of nitrogens with zero attached hydrogens (tertiary/aromatic N) is 3. The molecule has 0 bridgehead atoms. The lowest BCUT2D eigenvalue weighted by Gasteiger charge is -2.35. The Labute approximate surface area is 241 Å². The molecule has 0 radical (unpaired) electrons. The third-order valence-electron chi connectivity index (χ3n) is 6.75. The van der Waals surface area contributed by atoms with Crippen LogP contribution in [0.1, 0.15) is 35.8 Å². The predicted molar refractivity (Wildman–Crippen MR) is 137 cm³/mol. The number of likely N-dealkylation sites (N-methyl/N-ethyl adjacent to an activating group) is 1. The van der Waals surface area contributed by atoms with E-state index >= 15 is 0 Å². The van der Waals surface area contributed by atoms with Crippen molar-refractivity contribution in [1.82, 2.24) is 25.1 Å². The van der Waals surface area contributed by atoms with Crippen molar-refractivity contribution >= 4 is 17.8 Å². The monoisotopic (exact) mass is 627 g/mol. The fourth-order valence-electron chi connectivity index (χ4n) is 4.49. The molecule has 4 rings (SSSR count). The van der Waals surface area contributed by atoms with Crippen molar-refractivity contribution in [1.29, 1.82) is 0 Å². The van der Waals surface area contributed by atoms with Gasteiger partial charge in [0.15, 0.2) is 0 Å². The van der Waals surface area contributed by atoms with E-state index in [4.69, 9.17) is 19.8 Å². The van der Waals surface area contributed by atoms with Crippen molar-refractivity contribution in [3.63, 3.8) is 0 Å². The molecule has 2 aliphatic heterocycles. The molecule has 0 aliphatic carbocycles. The van der Waals surface area contributed by atoms with E-state index in [2.05, 4.69) is 20.2 Å². The zero-order valence-corrected chi connectivity index (χ0v) is 23.0. The number of alkyl halides is 6. The second-order valence-corrected chi connectivity index (χ2v) is 9.85. The van der Waals surface area contributed by atoms with Crippen molar-refractivity contribution in [2.45, 2.75) is 44.1 Å². The first-order valence-electron chi connectivity index (χ1n) is 13.1. The second-order valence-electron chi connectivity index (χ2n) is 9.85. The molecule has 0 spiro atoms. The van der Waals surface area contributed by atoms with Crippen LogP contribution in [-0.4, -0.2) is 100.0 Å². The molecule has 10 nitrogen and oxygen atoms in total. The lowest BCUT2D eigenvalue weighted by Crippen LogP contribution is -2.45. The van der Waals surface area contributed by atoms with E-state index in [-0.39, 0.29) is 17.8 Å². The molecule has 17 heteroatoms. The third-order valence-corrected chi connectivity index (χ3v) is 6.75. The molecule has 0 saturated carbocycles. The lowest BCUT2D eigenvalue weighted by atomic mass is 9.95. The van der Waals surface area contributed by atoms with E-state index in [0.717, 1.165) is 75.4 Å². The minimum atomic E-state index is -5.08. The Bertz CT molecular complexity index is 1190. The van der Waals surface area contributed by atoms with Gasteiger partial charge >= 0.3 is 24.3 Å². The van der Waals surface area contributed by atoms with Gasteiger partial charge in [0.05, 0.1) is 12.0 Å². The van der Waals surface area contributed by atoms with Crippen LogP contribution in [0.5, 0.6) is 0 Å². The van der Waals surface area contributed by atoms with E-state index in [9.17, 15) is 35.5 Å². The highest BCUT2D eigenvalue weighted by molar-refractivity contribution is 5.83. The molecule has 1 atom stereocenters. The summed E-state index contributed by atoms with van der Waals surface area (Å²) in [6.45, 7) is 4.47. The van der Waals surface area contributed by atoms with Crippen LogP contribution in [0.15, 0.2) is 30.6 Å². The molecule has 1 saturated heterocycles. The Balaban J connectivity index is 0.000000384. The number of imidazole rings is 1. The molecule has 4 N–H and O–H groups in total. The molecule has 1 fully saturated rings. The van der Waals surface area contributed by atoms with Crippen LogP contribution in [-0.2, 0) is 27.2 Å². The summed E-state index contributed by atoms with van der Waals surface area (Å²) in [4.78, 5) is 42.5. The van der Waals surface area contributed by atoms with Crippen molar-refractivity contribution < 1.29 is 55.3 Å². The van der Waals surface area contributed by atoms with E-state index in [0.29, 0.717) is 5.92 Å². The number of carboxylic acids is 2. The number of aromatic nitrogens is 2. The Hall–Kier alpha value is -3.73. The van der Waals surface area contributed by atoms with E-state index in [1.54, 1.807) is 12.4 Å². The summed E-state index contributed by atoms with van der Waals surface area (Å²) in [6.07, 6.45) is -4.72. The number of hydrogen-bond acceptors (Lipinski definition) is 6. The van der Waals surface area contributed by atoms with Gasteiger partial charge in [-0.3, -0.25) is 4.79 Å². The molecule has 2 aliphatic rings. The van der Waals surface area contributed by atoms with Crippen LogP contribution in [0, 0.1) is 11.7 Å². The number of halogens is 7. The number of H-pyrrole nitrogens is 1. The van der Waals surface area contributed by atoms with Crippen LogP contribution in [0.4, 0.5) is 30.7 Å². The SMILES string of the molecule is CN(CC1CCN(CCc2ccccc2F)CC1)C(=O)C1NCCc2[nH]cnc21.O=C(O)C(F)(F)F.O=C(O)C(F)(F)F. The summed E-state index contributed by atoms with van der Waals surface area (Å²) in [7, 11) is 1.90. The van der Waals surface area contributed by atoms with Gasteiger partial charge in [0.25, 0.3) is 0 Å². The number of aromatic amines is 1. The summed E-state index contributed by atoms with van der Waals surface area (Å²) < 4.78 is 77.3. The van der Waals surface area contributed by atoms with Gasteiger partial charge in [-0.2, -0.15) is 26.3 Å². The van der Waals surface area contributed by atoms with Gasteiger partial charge in [0.1, 0.15) is 11.9 Å². The smallest absolute Gasteiger partial charge is 0.475 e. The number of aliphatic carboxylic acids is 2. The van der Waals surface area contributed by atoms with Gasteiger partial charge < -0.3 is 30.3 Å². The van der Waals surface area contributed by atoms with Crippen LogP contribution < -0.4 is 5.32 Å². The first-order chi connectivity index (χ1) is 20.0. The maximum atomic E-state index is 13.8. The van der Waals surface area contributed by atoms with Gasteiger partial charge in [-0.1, -0.05) is 18.2 Å². The maximum absolute atomic E-state index is 13.8. The average Bonchev–Trinajstić information content (AvgIpc) is 3.42. The van der Waals surface area contributed by atoms with E-state index in [1.165, 1.54) is 6.07 Å². The fourth-order valence-corrected chi connectivity index (χ4v) is 4.49. The Kier molecular flexibility index (Phi) is 12.9. The Morgan fingerprint density at radius 3 is 2.12 bits per heavy atom. The first kappa shape index (κ1) is 35.5. The number of benzene rings is 1.